The molecule has 0 radical (unpaired) electrons. The first-order valence-corrected chi connectivity index (χ1v) is 6.97. The second-order valence-corrected chi connectivity index (χ2v) is 5.13. The first-order chi connectivity index (χ1) is 9.69. The lowest BCUT2D eigenvalue weighted by atomic mass is 9.92. The molecule has 2 aromatic rings. The summed E-state index contributed by atoms with van der Waals surface area (Å²) >= 11 is 0. The van der Waals surface area contributed by atoms with E-state index in [2.05, 4.69) is 17.3 Å². The van der Waals surface area contributed by atoms with Crippen LogP contribution in [0.3, 0.4) is 0 Å². The summed E-state index contributed by atoms with van der Waals surface area (Å²) in [5, 5.41) is 8.11. The average Bonchev–Trinajstić information content (AvgIpc) is 2.80. The number of hydrogen-bond donors (Lipinski definition) is 1. The van der Waals surface area contributed by atoms with Crippen molar-refractivity contribution in [2.75, 3.05) is 0 Å². The van der Waals surface area contributed by atoms with Crippen molar-refractivity contribution in [3.05, 3.63) is 30.0 Å². The fraction of sp³-hybridized carbons (Fsp3) is 0.400. The molecular formula is C15H17N3O2. The molecule has 1 atom stereocenters. The molecule has 0 bridgehead atoms. The molecule has 20 heavy (non-hydrogen) atoms. The minimum Gasteiger partial charge on any atom is -0.296 e. The molecule has 2 heterocycles. The SMILES string of the molecule is CCn1nc(CC2CCC(=O)NC2=O)c2ccccc21. The first kappa shape index (κ1) is 12.8. The van der Waals surface area contributed by atoms with Crippen LogP contribution in [-0.2, 0) is 22.6 Å². The summed E-state index contributed by atoms with van der Waals surface area (Å²) in [5.41, 5.74) is 2.04. The number of carbonyl (C=O) groups excluding carboxylic acids is 2. The Kier molecular flexibility index (Phi) is 3.26. The molecule has 3 rings (SSSR count). The van der Waals surface area contributed by atoms with E-state index >= 15 is 0 Å². The maximum absolute atomic E-state index is 11.9. The molecule has 2 amide bonds. The summed E-state index contributed by atoms with van der Waals surface area (Å²) in [7, 11) is 0. The number of aryl methyl sites for hydroxylation is 1. The third-order valence-electron chi connectivity index (χ3n) is 3.83. The highest BCUT2D eigenvalue weighted by molar-refractivity contribution is 5.98. The first-order valence-electron chi connectivity index (χ1n) is 6.97. The third-order valence-corrected chi connectivity index (χ3v) is 3.83. The van der Waals surface area contributed by atoms with E-state index in [1.165, 1.54) is 0 Å². The van der Waals surface area contributed by atoms with Crippen molar-refractivity contribution in [2.24, 2.45) is 5.92 Å². The molecular weight excluding hydrogens is 254 g/mol. The van der Waals surface area contributed by atoms with Crippen LogP contribution in [-0.4, -0.2) is 21.6 Å². The van der Waals surface area contributed by atoms with Gasteiger partial charge < -0.3 is 0 Å². The van der Waals surface area contributed by atoms with Crippen molar-refractivity contribution >= 4 is 22.7 Å². The van der Waals surface area contributed by atoms with E-state index in [-0.39, 0.29) is 17.7 Å². The number of fused-ring (bicyclic) bond motifs is 1. The molecule has 1 aromatic heterocycles. The number of hydrogen-bond acceptors (Lipinski definition) is 3. The molecule has 1 aliphatic rings. The Balaban J connectivity index is 1.91. The van der Waals surface area contributed by atoms with Crippen molar-refractivity contribution in [3.8, 4) is 0 Å². The summed E-state index contributed by atoms with van der Waals surface area (Å²) in [6.45, 7) is 2.85. The van der Waals surface area contributed by atoms with E-state index in [1.54, 1.807) is 0 Å². The molecule has 1 unspecified atom stereocenters. The fourth-order valence-corrected chi connectivity index (χ4v) is 2.75. The van der Waals surface area contributed by atoms with Crippen LogP contribution in [0.15, 0.2) is 24.3 Å². The van der Waals surface area contributed by atoms with Gasteiger partial charge in [-0.2, -0.15) is 5.10 Å². The average molecular weight is 271 g/mol. The molecule has 1 N–H and O–H groups in total. The van der Waals surface area contributed by atoms with Crippen LogP contribution in [0.4, 0.5) is 0 Å². The van der Waals surface area contributed by atoms with Crippen LogP contribution in [0.25, 0.3) is 10.9 Å². The molecule has 5 heteroatoms. The van der Waals surface area contributed by atoms with E-state index in [9.17, 15) is 9.59 Å². The lowest BCUT2D eigenvalue weighted by Gasteiger charge is -2.19. The number of piperidine rings is 1. The maximum atomic E-state index is 11.9. The summed E-state index contributed by atoms with van der Waals surface area (Å²) < 4.78 is 1.95. The number of para-hydroxylation sites is 1. The second-order valence-electron chi connectivity index (χ2n) is 5.13. The highest BCUT2D eigenvalue weighted by atomic mass is 16.2. The molecule has 0 spiro atoms. The van der Waals surface area contributed by atoms with Crippen LogP contribution < -0.4 is 5.32 Å². The smallest absolute Gasteiger partial charge is 0.230 e. The lowest BCUT2D eigenvalue weighted by molar-refractivity contribution is -0.136. The number of carbonyl (C=O) groups is 2. The number of nitrogens with one attached hydrogen (secondary N) is 1. The predicted octanol–water partition coefficient (Wildman–Crippen LogP) is 1.65. The number of amides is 2. The van der Waals surface area contributed by atoms with Gasteiger partial charge in [0.05, 0.1) is 11.2 Å². The van der Waals surface area contributed by atoms with Crippen molar-refractivity contribution in [2.45, 2.75) is 32.7 Å². The van der Waals surface area contributed by atoms with E-state index in [0.717, 1.165) is 23.1 Å². The Morgan fingerprint density at radius 1 is 1.35 bits per heavy atom. The van der Waals surface area contributed by atoms with Gasteiger partial charge in [0.25, 0.3) is 0 Å². The summed E-state index contributed by atoms with van der Waals surface area (Å²) in [4.78, 5) is 23.0. The van der Waals surface area contributed by atoms with Gasteiger partial charge in [-0.25, -0.2) is 0 Å². The number of aromatic nitrogens is 2. The van der Waals surface area contributed by atoms with Crippen LogP contribution in [0, 0.1) is 5.92 Å². The zero-order valence-electron chi connectivity index (χ0n) is 11.4. The number of rotatable bonds is 3. The largest absolute Gasteiger partial charge is 0.296 e. The van der Waals surface area contributed by atoms with Crippen LogP contribution in [0.1, 0.15) is 25.5 Å². The zero-order valence-corrected chi connectivity index (χ0v) is 11.4. The van der Waals surface area contributed by atoms with Gasteiger partial charge in [-0.15, -0.1) is 0 Å². The van der Waals surface area contributed by atoms with E-state index < -0.39 is 0 Å². The minimum absolute atomic E-state index is 0.156. The Bertz CT molecular complexity index is 675. The highest BCUT2D eigenvalue weighted by Gasteiger charge is 2.28. The fourth-order valence-electron chi connectivity index (χ4n) is 2.75. The second kappa shape index (κ2) is 5.07. The quantitative estimate of drug-likeness (QED) is 0.863. The van der Waals surface area contributed by atoms with Gasteiger partial charge in [0.2, 0.25) is 11.8 Å². The maximum Gasteiger partial charge on any atom is 0.230 e. The summed E-state index contributed by atoms with van der Waals surface area (Å²) in [6.07, 6.45) is 1.62. The Hall–Kier alpha value is -2.17. The molecule has 1 aromatic carbocycles. The monoisotopic (exact) mass is 271 g/mol. The third kappa shape index (κ3) is 2.19. The van der Waals surface area contributed by atoms with Gasteiger partial charge in [0.1, 0.15) is 0 Å². The van der Waals surface area contributed by atoms with E-state index in [1.807, 2.05) is 28.9 Å². The lowest BCUT2D eigenvalue weighted by Crippen LogP contribution is -2.41. The van der Waals surface area contributed by atoms with Gasteiger partial charge in [0.15, 0.2) is 0 Å². The topological polar surface area (TPSA) is 64.0 Å². The summed E-state index contributed by atoms with van der Waals surface area (Å²) in [6, 6.07) is 8.05. The van der Waals surface area contributed by atoms with Gasteiger partial charge in [-0.3, -0.25) is 19.6 Å². The van der Waals surface area contributed by atoms with Crippen LogP contribution >= 0.6 is 0 Å². The normalized spacial score (nSPS) is 19.4. The molecule has 0 aliphatic carbocycles. The molecule has 0 saturated carbocycles. The number of imide groups is 1. The van der Waals surface area contributed by atoms with Gasteiger partial charge in [-0.1, -0.05) is 18.2 Å². The number of benzene rings is 1. The molecule has 104 valence electrons. The zero-order chi connectivity index (χ0) is 14.1. The number of nitrogens with zero attached hydrogens (tertiary/aromatic N) is 2. The van der Waals surface area contributed by atoms with Crippen molar-refractivity contribution in [1.29, 1.82) is 0 Å². The molecule has 5 nitrogen and oxygen atoms in total. The summed E-state index contributed by atoms with van der Waals surface area (Å²) in [5.74, 6) is -0.497. The van der Waals surface area contributed by atoms with Gasteiger partial charge >= 0.3 is 0 Å². The highest BCUT2D eigenvalue weighted by Crippen LogP contribution is 2.24. The van der Waals surface area contributed by atoms with Gasteiger partial charge in [0, 0.05) is 30.7 Å². The van der Waals surface area contributed by atoms with Crippen molar-refractivity contribution < 1.29 is 9.59 Å². The molecule has 1 saturated heterocycles. The standard InChI is InChI=1S/C15H17N3O2/c1-2-18-13-6-4-3-5-11(13)12(17-18)9-10-7-8-14(19)16-15(10)20/h3-6,10H,2,7-9H2,1H3,(H,16,19,20). The van der Waals surface area contributed by atoms with Crippen molar-refractivity contribution in [1.82, 2.24) is 15.1 Å². The van der Waals surface area contributed by atoms with Crippen molar-refractivity contribution in [3.63, 3.8) is 0 Å². The van der Waals surface area contributed by atoms with E-state index in [4.69, 9.17) is 0 Å². The van der Waals surface area contributed by atoms with E-state index in [0.29, 0.717) is 19.3 Å². The van der Waals surface area contributed by atoms with Crippen LogP contribution in [0.5, 0.6) is 0 Å². The van der Waals surface area contributed by atoms with Gasteiger partial charge in [-0.05, 0) is 19.4 Å². The molecule has 1 aliphatic heterocycles. The Labute approximate surface area is 117 Å². The molecule has 1 fully saturated rings. The Morgan fingerprint density at radius 3 is 2.90 bits per heavy atom. The Morgan fingerprint density at radius 2 is 2.15 bits per heavy atom. The van der Waals surface area contributed by atoms with Crippen LogP contribution in [0.2, 0.25) is 0 Å². The minimum atomic E-state index is -0.171. The predicted molar refractivity (Wildman–Crippen MR) is 75.0 cm³/mol.